The highest BCUT2D eigenvalue weighted by atomic mass is 35.5. The number of carbonyl (C=O) groups excluding carboxylic acids is 1. The van der Waals surface area contributed by atoms with Crippen LogP contribution in [-0.2, 0) is 6.54 Å². The lowest BCUT2D eigenvalue weighted by Gasteiger charge is -2.20. The Morgan fingerprint density at radius 3 is 2.05 bits per heavy atom. The Kier molecular flexibility index (Phi) is 11.0. The van der Waals surface area contributed by atoms with E-state index >= 15 is 0 Å². The molecule has 0 aliphatic carbocycles. The highest BCUT2D eigenvalue weighted by Crippen LogP contribution is 2.42. The Morgan fingerprint density at radius 1 is 0.795 bits per heavy atom. The smallest absolute Gasteiger partial charge is 0.251 e. The van der Waals surface area contributed by atoms with E-state index in [1.54, 1.807) is 31.2 Å². The maximum absolute atomic E-state index is 13.4. The standard InChI is InChI=1S/C37H38Cl2N2O3/c1-26(42)44-36-33(28-13-10-15-31(38)22-28)24-30(25-34(36)29-14-11-16-32(39)23-29)37(43)40-19-8-4-2-3-5-9-20-41-21-18-27-12-6-7-17-35(27)41/h6-7,10-18,21-26,42H,2-5,8-9,19-20H2,1H3,(H,40,43). The van der Waals surface area contributed by atoms with Gasteiger partial charge in [0.15, 0.2) is 6.29 Å². The van der Waals surface area contributed by atoms with E-state index in [1.807, 2.05) is 36.4 Å². The lowest BCUT2D eigenvalue weighted by Crippen LogP contribution is -2.24. The van der Waals surface area contributed by atoms with Crippen LogP contribution in [0.4, 0.5) is 0 Å². The number of unbranched alkanes of at least 4 members (excludes halogenated alkanes) is 5. The minimum atomic E-state index is -1.07. The molecule has 0 radical (unpaired) electrons. The molecule has 0 spiro atoms. The number of hydrogen-bond acceptors (Lipinski definition) is 3. The largest absolute Gasteiger partial charge is 0.464 e. The zero-order valence-corrected chi connectivity index (χ0v) is 26.5. The molecule has 4 aromatic carbocycles. The molecular weight excluding hydrogens is 591 g/mol. The monoisotopic (exact) mass is 628 g/mol. The molecule has 5 aromatic rings. The van der Waals surface area contributed by atoms with Crippen molar-refractivity contribution in [2.45, 2.75) is 58.3 Å². The highest BCUT2D eigenvalue weighted by molar-refractivity contribution is 6.31. The van der Waals surface area contributed by atoms with Gasteiger partial charge < -0.3 is 19.7 Å². The lowest BCUT2D eigenvalue weighted by atomic mass is 9.94. The van der Waals surface area contributed by atoms with Crippen LogP contribution in [-0.4, -0.2) is 28.4 Å². The highest BCUT2D eigenvalue weighted by Gasteiger charge is 2.20. The number of aromatic nitrogens is 1. The minimum Gasteiger partial charge on any atom is -0.464 e. The Hall–Kier alpha value is -3.77. The number of nitrogens with zero attached hydrogens (tertiary/aromatic N) is 1. The second-order valence-electron chi connectivity index (χ2n) is 11.1. The molecule has 1 atom stereocenters. The van der Waals surface area contributed by atoms with Gasteiger partial charge in [-0.15, -0.1) is 0 Å². The normalized spacial score (nSPS) is 11.9. The van der Waals surface area contributed by atoms with Gasteiger partial charge in [0.2, 0.25) is 0 Å². The van der Waals surface area contributed by atoms with Gasteiger partial charge in [0.05, 0.1) is 0 Å². The Morgan fingerprint density at radius 2 is 1.41 bits per heavy atom. The summed E-state index contributed by atoms with van der Waals surface area (Å²) in [5.41, 5.74) is 4.65. The molecule has 0 saturated carbocycles. The number of halogens is 2. The lowest BCUT2D eigenvalue weighted by molar-refractivity contribution is 0.000565. The van der Waals surface area contributed by atoms with Crippen molar-refractivity contribution in [1.82, 2.24) is 9.88 Å². The van der Waals surface area contributed by atoms with Crippen molar-refractivity contribution >= 4 is 40.0 Å². The Bertz CT molecular complexity index is 1650. The third-order valence-electron chi connectivity index (χ3n) is 7.70. The molecule has 1 aromatic heterocycles. The predicted molar refractivity (Wildman–Crippen MR) is 182 cm³/mol. The predicted octanol–water partition coefficient (Wildman–Crippen LogP) is 9.77. The molecule has 0 aliphatic rings. The van der Waals surface area contributed by atoms with Gasteiger partial charge >= 0.3 is 0 Å². The summed E-state index contributed by atoms with van der Waals surface area (Å²) in [4.78, 5) is 13.4. The van der Waals surface area contributed by atoms with Crippen LogP contribution in [0.2, 0.25) is 10.0 Å². The number of carbonyl (C=O) groups is 1. The number of rotatable bonds is 14. The first-order valence-corrected chi connectivity index (χ1v) is 16.0. The molecule has 0 bridgehead atoms. The van der Waals surface area contributed by atoms with Gasteiger partial charge in [-0.05, 0) is 84.8 Å². The van der Waals surface area contributed by atoms with Crippen molar-refractivity contribution < 1.29 is 14.6 Å². The first-order chi connectivity index (χ1) is 21.4. The van der Waals surface area contributed by atoms with Crippen LogP contribution in [0.15, 0.2) is 97.2 Å². The average Bonchev–Trinajstić information content (AvgIpc) is 3.43. The van der Waals surface area contributed by atoms with Crippen molar-refractivity contribution in [3.8, 4) is 28.0 Å². The van der Waals surface area contributed by atoms with Crippen LogP contribution in [0.5, 0.6) is 5.75 Å². The van der Waals surface area contributed by atoms with E-state index in [1.165, 1.54) is 23.7 Å². The maximum atomic E-state index is 13.4. The molecular formula is C37H38Cl2N2O3. The van der Waals surface area contributed by atoms with Gasteiger partial charge in [0.25, 0.3) is 5.91 Å². The number of hydrogen-bond donors (Lipinski definition) is 2. The topological polar surface area (TPSA) is 63.5 Å². The molecule has 5 rings (SSSR count). The average molecular weight is 630 g/mol. The van der Waals surface area contributed by atoms with E-state index in [9.17, 15) is 9.90 Å². The van der Waals surface area contributed by atoms with Gasteiger partial charge in [-0.1, -0.05) is 91.3 Å². The number of nitrogens with one attached hydrogen (secondary N) is 1. The molecule has 1 unspecified atom stereocenters. The summed E-state index contributed by atoms with van der Waals surface area (Å²) in [5.74, 6) is 0.283. The summed E-state index contributed by atoms with van der Waals surface area (Å²) >= 11 is 12.7. The van der Waals surface area contributed by atoms with Gasteiger partial charge in [0, 0.05) is 51.5 Å². The number of aryl methyl sites for hydroxylation is 1. The molecule has 2 N–H and O–H groups in total. The number of fused-ring (bicyclic) bond motifs is 1. The summed E-state index contributed by atoms with van der Waals surface area (Å²) in [6.45, 7) is 3.19. The van der Waals surface area contributed by atoms with Gasteiger partial charge in [0.1, 0.15) is 5.75 Å². The fraction of sp³-hybridized carbons (Fsp3) is 0.270. The third kappa shape index (κ3) is 8.23. The minimum absolute atomic E-state index is 0.167. The van der Waals surface area contributed by atoms with E-state index in [2.05, 4.69) is 46.4 Å². The number of aliphatic hydroxyl groups excluding tert-OH is 1. The van der Waals surface area contributed by atoms with Crippen LogP contribution in [0.1, 0.15) is 55.8 Å². The molecule has 0 aliphatic heterocycles. The first-order valence-electron chi connectivity index (χ1n) is 15.3. The van der Waals surface area contributed by atoms with Gasteiger partial charge in [-0.2, -0.15) is 0 Å². The van der Waals surface area contributed by atoms with E-state index in [4.69, 9.17) is 27.9 Å². The summed E-state index contributed by atoms with van der Waals surface area (Å²) in [5, 5.41) is 15.7. The van der Waals surface area contributed by atoms with Crippen LogP contribution in [0.25, 0.3) is 33.2 Å². The molecule has 0 saturated heterocycles. The summed E-state index contributed by atoms with van der Waals surface area (Å²) in [7, 11) is 0. The number of para-hydroxylation sites is 1. The van der Waals surface area contributed by atoms with Crippen molar-refractivity contribution in [2.24, 2.45) is 0 Å². The zero-order chi connectivity index (χ0) is 30.9. The molecule has 5 nitrogen and oxygen atoms in total. The molecule has 228 valence electrons. The Balaban J connectivity index is 1.20. The molecule has 44 heavy (non-hydrogen) atoms. The SMILES string of the molecule is CC(O)Oc1c(-c2cccc(Cl)c2)cc(C(=O)NCCCCCCCCn2ccc3ccccc32)cc1-c1cccc(Cl)c1. The summed E-state index contributed by atoms with van der Waals surface area (Å²) in [6.07, 6.45) is 7.77. The molecule has 7 heteroatoms. The van der Waals surface area contributed by atoms with Crippen molar-refractivity contribution in [3.05, 3.63) is 113 Å². The molecule has 0 fully saturated rings. The van der Waals surface area contributed by atoms with Crippen LogP contribution in [0.3, 0.4) is 0 Å². The zero-order valence-electron chi connectivity index (χ0n) is 24.9. The number of aliphatic hydroxyl groups is 1. The maximum Gasteiger partial charge on any atom is 0.251 e. The second kappa shape index (κ2) is 15.3. The van der Waals surface area contributed by atoms with Crippen LogP contribution in [0, 0.1) is 0 Å². The van der Waals surface area contributed by atoms with E-state index in [-0.39, 0.29) is 5.91 Å². The second-order valence-corrected chi connectivity index (χ2v) is 12.0. The van der Waals surface area contributed by atoms with E-state index in [0.717, 1.165) is 43.4 Å². The van der Waals surface area contributed by atoms with Crippen molar-refractivity contribution in [3.63, 3.8) is 0 Å². The van der Waals surface area contributed by atoms with Crippen molar-refractivity contribution in [1.29, 1.82) is 0 Å². The van der Waals surface area contributed by atoms with Crippen LogP contribution >= 0.6 is 23.2 Å². The van der Waals surface area contributed by atoms with Crippen molar-refractivity contribution in [2.75, 3.05) is 6.54 Å². The number of benzene rings is 4. The fourth-order valence-electron chi connectivity index (χ4n) is 5.55. The first kappa shape index (κ1) is 31.6. The van der Waals surface area contributed by atoms with Crippen LogP contribution < -0.4 is 10.1 Å². The molecule has 1 amide bonds. The molecule has 1 heterocycles. The third-order valence-corrected chi connectivity index (χ3v) is 8.17. The quantitative estimate of drug-likeness (QED) is 0.0950. The fourth-order valence-corrected chi connectivity index (χ4v) is 5.93. The van der Waals surface area contributed by atoms with E-state index < -0.39 is 6.29 Å². The van der Waals surface area contributed by atoms with E-state index in [0.29, 0.717) is 39.0 Å². The number of amides is 1. The Labute approximate surface area is 269 Å². The summed E-state index contributed by atoms with van der Waals surface area (Å²) < 4.78 is 8.27. The number of ether oxygens (including phenoxy) is 1. The summed E-state index contributed by atoms with van der Waals surface area (Å²) in [6, 6.07) is 29.0. The van der Waals surface area contributed by atoms with Gasteiger partial charge in [-0.3, -0.25) is 4.79 Å². The van der Waals surface area contributed by atoms with Gasteiger partial charge in [-0.25, -0.2) is 0 Å².